The Morgan fingerprint density at radius 1 is 1.33 bits per heavy atom. The Bertz CT molecular complexity index is 506. The molecule has 3 heteroatoms. The summed E-state index contributed by atoms with van der Waals surface area (Å²) in [4.78, 5) is 4.39. The fourth-order valence-electron chi connectivity index (χ4n) is 1.95. The maximum Gasteiger partial charge on any atom is 0.0895 e. The van der Waals surface area contributed by atoms with Crippen LogP contribution in [0.2, 0.25) is 0 Å². The summed E-state index contributed by atoms with van der Waals surface area (Å²) < 4.78 is 3.32. The van der Waals surface area contributed by atoms with E-state index in [1.807, 2.05) is 12.3 Å². The molecule has 2 nitrogen and oxygen atoms in total. The van der Waals surface area contributed by atoms with Crippen molar-refractivity contribution in [2.45, 2.75) is 26.2 Å². The van der Waals surface area contributed by atoms with E-state index in [9.17, 15) is 0 Å². The van der Waals surface area contributed by atoms with Crippen LogP contribution in [0.3, 0.4) is 0 Å². The Kier molecular flexibility index (Phi) is 2.38. The Labute approximate surface area is 98.4 Å². The molecular weight excluding hydrogens is 252 g/mol. The van der Waals surface area contributed by atoms with Gasteiger partial charge < -0.3 is 4.57 Å². The molecule has 2 rings (SSSR count). The average Bonchev–Trinajstić information content (AvgIpc) is 2.44. The molecule has 2 aromatic rings. The normalized spacial score (nSPS) is 12.3. The van der Waals surface area contributed by atoms with E-state index in [1.165, 1.54) is 11.2 Å². The molecule has 0 radical (unpaired) electrons. The van der Waals surface area contributed by atoms with E-state index in [-0.39, 0.29) is 5.41 Å². The molecule has 2 aromatic heterocycles. The maximum atomic E-state index is 4.39. The van der Waals surface area contributed by atoms with Gasteiger partial charge in [-0.3, -0.25) is 4.98 Å². The third-order valence-electron chi connectivity index (χ3n) is 2.64. The van der Waals surface area contributed by atoms with Gasteiger partial charge in [0.05, 0.1) is 11.0 Å². The molecule has 2 heterocycles. The minimum Gasteiger partial charge on any atom is -0.345 e. The maximum absolute atomic E-state index is 4.39. The predicted octanol–water partition coefficient (Wildman–Crippen LogP) is 3.63. The van der Waals surface area contributed by atoms with Crippen LogP contribution in [0.1, 0.15) is 26.5 Å². The minimum absolute atomic E-state index is 0.148. The zero-order chi connectivity index (χ0) is 11.2. The van der Waals surface area contributed by atoms with Crippen LogP contribution in [-0.4, -0.2) is 9.55 Å². The van der Waals surface area contributed by atoms with Crippen LogP contribution in [-0.2, 0) is 12.5 Å². The van der Waals surface area contributed by atoms with E-state index in [4.69, 9.17) is 0 Å². The number of pyridine rings is 1. The third kappa shape index (κ3) is 1.69. The fraction of sp³-hybridized carbons (Fsp3) is 0.417. The van der Waals surface area contributed by atoms with Gasteiger partial charge in [-0.2, -0.15) is 0 Å². The molecule has 0 fully saturated rings. The van der Waals surface area contributed by atoms with Gasteiger partial charge in [-0.05, 0) is 28.1 Å². The minimum atomic E-state index is 0.148. The van der Waals surface area contributed by atoms with Crippen molar-refractivity contribution >= 4 is 27.0 Å². The molecule has 0 atom stereocenters. The van der Waals surface area contributed by atoms with Crippen LogP contribution in [0.4, 0.5) is 0 Å². The monoisotopic (exact) mass is 266 g/mol. The summed E-state index contributed by atoms with van der Waals surface area (Å²) in [6.45, 7) is 6.65. The first-order chi connectivity index (χ1) is 6.91. The summed E-state index contributed by atoms with van der Waals surface area (Å²) in [5.74, 6) is 0. The predicted molar refractivity (Wildman–Crippen MR) is 67.1 cm³/mol. The lowest BCUT2D eigenvalue weighted by Crippen LogP contribution is -2.15. The lowest BCUT2D eigenvalue weighted by molar-refractivity contribution is 0.547. The molecular formula is C12H15BrN2. The van der Waals surface area contributed by atoms with Gasteiger partial charge in [-0.1, -0.05) is 20.8 Å². The van der Waals surface area contributed by atoms with Gasteiger partial charge in [0.2, 0.25) is 0 Å². The Morgan fingerprint density at radius 2 is 2.00 bits per heavy atom. The van der Waals surface area contributed by atoms with Crippen molar-refractivity contribution in [2.24, 2.45) is 7.05 Å². The molecule has 15 heavy (non-hydrogen) atoms. The highest BCUT2D eigenvalue weighted by atomic mass is 79.9. The second-order valence-corrected chi connectivity index (χ2v) is 5.72. The van der Waals surface area contributed by atoms with E-state index < -0.39 is 0 Å². The fourth-order valence-corrected chi connectivity index (χ4v) is 2.54. The van der Waals surface area contributed by atoms with Crippen LogP contribution in [0.5, 0.6) is 0 Å². The highest BCUT2D eigenvalue weighted by molar-refractivity contribution is 9.10. The highest BCUT2D eigenvalue weighted by Crippen LogP contribution is 2.30. The van der Waals surface area contributed by atoms with Gasteiger partial charge in [0.25, 0.3) is 0 Å². The van der Waals surface area contributed by atoms with Gasteiger partial charge in [0.15, 0.2) is 0 Å². The van der Waals surface area contributed by atoms with Crippen molar-refractivity contribution in [1.82, 2.24) is 9.55 Å². The number of hydrogen-bond acceptors (Lipinski definition) is 1. The molecule has 80 valence electrons. The Morgan fingerprint density at radius 3 is 2.53 bits per heavy atom. The summed E-state index contributed by atoms with van der Waals surface area (Å²) in [5, 5.41) is 0. The van der Waals surface area contributed by atoms with E-state index in [1.54, 1.807) is 0 Å². The van der Waals surface area contributed by atoms with E-state index in [2.05, 4.69) is 59.4 Å². The Balaban J connectivity index is 2.82. The van der Waals surface area contributed by atoms with Crippen molar-refractivity contribution in [3.8, 4) is 0 Å². The number of hydrogen-bond donors (Lipinski definition) is 0. The van der Waals surface area contributed by atoms with Gasteiger partial charge >= 0.3 is 0 Å². The molecule has 0 aromatic carbocycles. The molecule has 0 aliphatic heterocycles. The summed E-state index contributed by atoms with van der Waals surface area (Å²) in [7, 11) is 2.09. The second-order valence-electron chi connectivity index (χ2n) is 4.87. The molecule has 0 aliphatic carbocycles. The van der Waals surface area contributed by atoms with Gasteiger partial charge in [-0.15, -0.1) is 0 Å². The van der Waals surface area contributed by atoms with E-state index in [0.29, 0.717) is 0 Å². The van der Waals surface area contributed by atoms with Gasteiger partial charge in [0.1, 0.15) is 0 Å². The summed E-state index contributed by atoms with van der Waals surface area (Å²) >= 11 is 3.57. The number of nitrogens with zero attached hydrogens (tertiary/aromatic N) is 2. The highest BCUT2D eigenvalue weighted by Gasteiger charge is 2.20. The van der Waals surface area contributed by atoms with Crippen molar-refractivity contribution in [2.75, 3.05) is 0 Å². The van der Waals surface area contributed by atoms with E-state index in [0.717, 1.165) is 9.99 Å². The molecule has 0 bridgehead atoms. The first kappa shape index (κ1) is 10.7. The lowest BCUT2D eigenvalue weighted by Gasteiger charge is -2.19. The van der Waals surface area contributed by atoms with Crippen LogP contribution in [0.15, 0.2) is 22.8 Å². The molecule has 0 unspecified atom stereocenters. The van der Waals surface area contributed by atoms with Gasteiger partial charge in [-0.25, -0.2) is 0 Å². The Hall–Kier alpha value is -0.830. The lowest BCUT2D eigenvalue weighted by atomic mass is 9.92. The van der Waals surface area contributed by atoms with Crippen molar-refractivity contribution in [1.29, 1.82) is 0 Å². The van der Waals surface area contributed by atoms with Crippen molar-refractivity contribution in [3.05, 3.63) is 28.5 Å². The van der Waals surface area contributed by atoms with E-state index >= 15 is 0 Å². The first-order valence-electron chi connectivity index (χ1n) is 5.01. The number of halogens is 1. The molecule has 0 saturated carbocycles. The van der Waals surface area contributed by atoms with Crippen LogP contribution < -0.4 is 0 Å². The number of aryl methyl sites for hydroxylation is 1. The van der Waals surface area contributed by atoms with Crippen LogP contribution in [0, 0.1) is 0 Å². The number of rotatable bonds is 0. The van der Waals surface area contributed by atoms with Crippen molar-refractivity contribution in [3.63, 3.8) is 0 Å². The first-order valence-corrected chi connectivity index (χ1v) is 5.81. The summed E-state index contributed by atoms with van der Waals surface area (Å²) in [5.41, 5.74) is 3.67. The molecule has 0 aliphatic rings. The topological polar surface area (TPSA) is 17.8 Å². The van der Waals surface area contributed by atoms with Crippen LogP contribution >= 0.6 is 15.9 Å². The van der Waals surface area contributed by atoms with Crippen molar-refractivity contribution < 1.29 is 0 Å². The zero-order valence-corrected chi connectivity index (χ0v) is 11.1. The SMILES string of the molecule is Cn1c(C(C)(C)C)cc2nccc(Br)c21. The second kappa shape index (κ2) is 3.34. The number of fused-ring (bicyclic) bond motifs is 1. The standard InChI is InChI=1S/C12H15BrN2/c1-12(2,3)10-7-9-11(15(10)4)8(13)5-6-14-9/h5-7H,1-4H3. The largest absolute Gasteiger partial charge is 0.345 e. The quantitative estimate of drug-likeness (QED) is 0.712. The number of aromatic nitrogens is 2. The molecule has 0 amide bonds. The summed E-state index contributed by atoms with van der Waals surface area (Å²) in [6, 6.07) is 4.15. The molecule has 0 saturated heterocycles. The smallest absolute Gasteiger partial charge is 0.0895 e. The summed E-state index contributed by atoms with van der Waals surface area (Å²) in [6.07, 6.45) is 1.83. The zero-order valence-electron chi connectivity index (χ0n) is 9.50. The van der Waals surface area contributed by atoms with Crippen LogP contribution in [0.25, 0.3) is 11.0 Å². The van der Waals surface area contributed by atoms with Gasteiger partial charge in [0, 0.05) is 28.8 Å². The molecule has 0 N–H and O–H groups in total. The average molecular weight is 267 g/mol. The third-order valence-corrected chi connectivity index (χ3v) is 3.28. The molecule has 0 spiro atoms.